The number of halogens is 1. The van der Waals surface area contributed by atoms with Crippen LogP contribution in [0.5, 0.6) is 5.75 Å². The molecule has 2 rings (SSSR count). The monoisotopic (exact) mass is 186 g/mol. The molecule has 0 bridgehead atoms. The van der Waals surface area contributed by atoms with Crippen LogP contribution in [0.1, 0.15) is 5.56 Å². The molecule has 1 aromatic carbocycles. The van der Waals surface area contributed by atoms with Crippen molar-refractivity contribution in [3.63, 3.8) is 0 Å². The zero-order valence-corrected chi connectivity index (χ0v) is 7.45. The fourth-order valence-electron chi connectivity index (χ4n) is 1.25. The molecule has 0 saturated carbocycles. The van der Waals surface area contributed by atoms with E-state index in [-0.39, 0.29) is 0 Å². The zero-order chi connectivity index (χ0) is 7.84. The fourth-order valence-corrected chi connectivity index (χ4v) is 1.91. The van der Waals surface area contributed by atoms with Gasteiger partial charge in [0, 0.05) is 21.9 Å². The van der Waals surface area contributed by atoms with Gasteiger partial charge in [-0.3, -0.25) is 0 Å². The highest BCUT2D eigenvalue weighted by molar-refractivity contribution is 7.80. The molecule has 0 N–H and O–H groups in total. The molecule has 1 heterocycles. The minimum absolute atomic E-state index is 0.735. The quantitative estimate of drug-likeness (QED) is 0.613. The number of thiol groups is 1. The second kappa shape index (κ2) is 2.61. The van der Waals surface area contributed by atoms with Crippen LogP contribution < -0.4 is 4.74 Å². The molecular formula is C8H7ClOS. The summed E-state index contributed by atoms with van der Waals surface area (Å²) in [5.41, 5.74) is 1.17. The summed E-state index contributed by atoms with van der Waals surface area (Å²) < 4.78 is 5.35. The standard InChI is InChI=1S/C8H7ClOS/c9-6-3-5-1-2-10-8(5)7(11)4-6/h3-4,11H,1-2H2. The van der Waals surface area contributed by atoms with Gasteiger partial charge in [-0.25, -0.2) is 0 Å². The summed E-state index contributed by atoms with van der Waals surface area (Å²) in [6, 6.07) is 3.73. The first kappa shape index (κ1) is 7.32. The Hall–Kier alpha value is -0.340. The van der Waals surface area contributed by atoms with Gasteiger partial charge in [-0.2, -0.15) is 0 Å². The maximum Gasteiger partial charge on any atom is 0.136 e. The van der Waals surface area contributed by atoms with E-state index < -0.39 is 0 Å². The smallest absolute Gasteiger partial charge is 0.136 e. The molecule has 0 atom stereocenters. The summed E-state index contributed by atoms with van der Waals surface area (Å²) in [7, 11) is 0. The Balaban J connectivity index is 2.60. The van der Waals surface area contributed by atoms with Crippen molar-refractivity contribution in [2.24, 2.45) is 0 Å². The van der Waals surface area contributed by atoms with E-state index in [4.69, 9.17) is 16.3 Å². The molecule has 0 aliphatic carbocycles. The van der Waals surface area contributed by atoms with E-state index in [1.165, 1.54) is 5.56 Å². The van der Waals surface area contributed by atoms with Crippen molar-refractivity contribution in [2.45, 2.75) is 11.3 Å². The Morgan fingerprint density at radius 2 is 2.27 bits per heavy atom. The van der Waals surface area contributed by atoms with Crippen LogP contribution in [0.4, 0.5) is 0 Å². The van der Waals surface area contributed by atoms with Crippen LogP contribution in [-0.2, 0) is 6.42 Å². The number of rotatable bonds is 0. The van der Waals surface area contributed by atoms with Crippen LogP contribution >= 0.6 is 24.2 Å². The number of hydrogen-bond acceptors (Lipinski definition) is 2. The molecule has 1 nitrogen and oxygen atoms in total. The van der Waals surface area contributed by atoms with E-state index in [1.807, 2.05) is 6.07 Å². The molecule has 1 aliphatic rings. The summed E-state index contributed by atoms with van der Waals surface area (Å²) in [6.07, 6.45) is 0.948. The third-order valence-corrected chi connectivity index (χ3v) is 2.28. The highest BCUT2D eigenvalue weighted by Gasteiger charge is 2.15. The lowest BCUT2D eigenvalue weighted by Crippen LogP contribution is -1.86. The second-order valence-electron chi connectivity index (χ2n) is 2.51. The Kier molecular flexibility index (Phi) is 1.74. The normalized spacial score (nSPS) is 14.4. The van der Waals surface area contributed by atoms with E-state index in [2.05, 4.69) is 12.6 Å². The van der Waals surface area contributed by atoms with Crippen molar-refractivity contribution in [3.05, 3.63) is 22.7 Å². The maximum atomic E-state index is 5.82. The van der Waals surface area contributed by atoms with Crippen molar-refractivity contribution < 1.29 is 4.74 Å². The van der Waals surface area contributed by atoms with Gasteiger partial charge < -0.3 is 4.74 Å². The van der Waals surface area contributed by atoms with Crippen LogP contribution in [0.2, 0.25) is 5.02 Å². The van der Waals surface area contributed by atoms with Gasteiger partial charge in [0.1, 0.15) is 5.75 Å². The van der Waals surface area contributed by atoms with Crippen molar-refractivity contribution in [3.8, 4) is 5.75 Å². The Morgan fingerprint density at radius 1 is 1.45 bits per heavy atom. The number of hydrogen-bond donors (Lipinski definition) is 1. The molecule has 1 aliphatic heterocycles. The third kappa shape index (κ3) is 1.21. The molecule has 0 spiro atoms. The number of ether oxygens (including phenoxy) is 1. The van der Waals surface area contributed by atoms with Gasteiger partial charge in [-0.05, 0) is 12.1 Å². The van der Waals surface area contributed by atoms with E-state index in [1.54, 1.807) is 6.07 Å². The first-order valence-corrected chi connectivity index (χ1v) is 4.24. The van der Waals surface area contributed by atoms with E-state index in [0.29, 0.717) is 0 Å². The lowest BCUT2D eigenvalue weighted by Gasteiger charge is -2.02. The molecule has 0 unspecified atom stereocenters. The highest BCUT2D eigenvalue weighted by atomic mass is 35.5. The summed E-state index contributed by atoms with van der Waals surface area (Å²) in [4.78, 5) is 0.838. The maximum absolute atomic E-state index is 5.82. The second-order valence-corrected chi connectivity index (χ2v) is 3.43. The van der Waals surface area contributed by atoms with E-state index in [0.717, 1.165) is 28.7 Å². The Bertz CT molecular complexity index is 298. The third-order valence-electron chi connectivity index (χ3n) is 1.73. The zero-order valence-electron chi connectivity index (χ0n) is 5.80. The first-order chi connectivity index (χ1) is 5.27. The summed E-state index contributed by atoms with van der Waals surface area (Å²) in [5, 5.41) is 0.735. The lowest BCUT2D eigenvalue weighted by molar-refractivity contribution is 0.350. The molecule has 3 heteroatoms. The van der Waals surface area contributed by atoms with E-state index >= 15 is 0 Å². The molecule has 0 aromatic heterocycles. The van der Waals surface area contributed by atoms with Gasteiger partial charge in [-0.15, -0.1) is 12.6 Å². The lowest BCUT2D eigenvalue weighted by atomic mass is 10.2. The van der Waals surface area contributed by atoms with Gasteiger partial charge in [-0.1, -0.05) is 11.6 Å². The van der Waals surface area contributed by atoms with Crippen molar-refractivity contribution in [2.75, 3.05) is 6.61 Å². The molecule has 0 fully saturated rings. The van der Waals surface area contributed by atoms with Gasteiger partial charge in [0.25, 0.3) is 0 Å². The van der Waals surface area contributed by atoms with Crippen LogP contribution in [-0.4, -0.2) is 6.61 Å². The summed E-state index contributed by atoms with van der Waals surface area (Å²) in [5.74, 6) is 0.901. The van der Waals surface area contributed by atoms with Gasteiger partial charge in [0.15, 0.2) is 0 Å². The van der Waals surface area contributed by atoms with Gasteiger partial charge in [0.05, 0.1) is 6.61 Å². The molecule has 11 heavy (non-hydrogen) atoms. The van der Waals surface area contributed by atoms with Crippen LogP contribution in [0.25, 0.3) is 0 Å². The molecule has 1 aromatic rings. The largest absolute Gasteiger partial charge is 0.492 e. The average Bonchev–Trinajstić information content (AvgIpc) is 2.34. The van der Waals surface area contributed by atoms with Crippen LogP contribution in [0, 0.1) is 0 Å². The number of benzene rings is 1. The predicted molar refractivity (Wildman–Crippen MR) is 47.9 cm³/mol. The molecule has 0 amide bonds. The Labute approximate surface area is 75.7 Å². The topological polar surface area (TPSA) is 9.23 Å². The fraction of sp³-hybridized carbons (Fsp3) is 0.250. The predicted octanol–water partition coefficient (Wildman–Crippen LogP) is 2.56. The molecule has 0 saturated heterocycles. The minimum atomic E-state index is 0.735. The molecule has 0 radical (unpaired) electrons. The number of fused-ring (bicyclic) bond motifs is 1. The minimum Gasteiger partial charge on any atom is -0.492 e. The van der Waals surface area contributed by atoms with Crippen molar-refractivity contribution in [1.29, 1.82) is 0 Å². The van der Waals surface area contributed by atoms with Gasteiger partial charge in [0.2, 0.25) is 0 Å². The van der Waals surface area contributed by atoms with Crippen molar-refractivity contribution >= 4 is 24.2 Å². The SMILES string of the molecule is Sc1cc(Cl)cc2c1OCC2. The molecule has 58 valence electrons. The van der Waals surface area contributed by atoms with Crippen molar-refractivity contribution in [1.82, 2.24) is 0 Å². The highest BCUT2D eigenvalue weighted by Crippen LogP contribution is 2.34. The summed E-state index contributed by atoms with van der Waals surface area (Å²) >= 11 is 10.1. The summed E-state index contributed by atoms with van der Waals surface area (Å²) in [6.45, 7) is 0.753. The average molecular weight is 187 g/mol. The van der Waals surface area contributed by atoms with Crippen LogP contribution in [0.3, 0.4) is 0 Å². The Morgan fingerprint density at radius 3 is 3.09 bits per heavy atom. The van der Waals surface area contributed by atoms with Gasteiger partial charge >= 0.3 is 0 Å². The first-order valence-electron chi connectivity index (χ1n) is 3.41. The molecular weight excluding hydrogens is 180 g/mol. The van der Waals surface area contributed by atoms with Crippen LogP contribution in [0.15, 0.2) is 17.0 Å². The van der Waals surface area contributed by atoms with E-state index in [9.17, 15) is 0 Å².